The number of fused-ring (bicyclic) bond motifs is 1. The van der Waals surface area contributed by atoms with E-state index in [0.29, 0.717) is 21.1 Å². The fourth-order valence-electron chi connectivity index (χ4n) is 2.93. The Morgan fingerprint density at radius 2 is 1.65 bits per heavy atom. The Kier molecular flexibility index (Phi) is 6.10. The zero-order chi connectivity index (χ0) is 22.0. The monoisotopic (exact) mass is 492 g/mol. The van der Waals surface area contributed by atoms with Gasteiger partial charge in [-0.05, 0) is 36.4 Å². The lowest BCUT2D eigenvalue weighted by atomic mass is 10.1. The zero-order valence-electron chi connectivity index (χ0n) is 15.7. The van der Waals surface area contributed by atoms with E-state index in [1.165, 1.54) is 18.2 Å². The summed E-state index contributed by atoms with van der Waals surface area (Å²) >= 11 is 13.2. The topological polar surface area (TPSA) is 101 Å². The van der Waals surface area contributed by atoms with Crippen molar-refractivity contribution in [2.75, 3.05) is 4.72 Å². The first kappa shape index (κ1) is 21.5. The number of carbonyl (C=O) groups is 1. The van der Waals surface area contributed by atoms with Gasteiger partial charge in [0.25, 0.3) is 15.9 Å². The van der Waals surface area contributed by atoms with E-state index >= 15 is 0 Å². The number of benzene rings is 3. The summed E-state index contributed by atoms with van der Waals surface area (Å²) < 4.78 is 36.7. The van der Waals surface area contributed by atoms with Crippen LogP contribution in [-0.2, 0) is 16.6 Å². The van der Waals surface area contributed by atoms with Gasteiger partial charge in [0.1, 0.15) is 15.9 Å². The fraction of sp³-hybridized carbons (Fsp3) is 0.0500. The van der Waals surface area contributed by atoms with Gasteiger partial charge in [0, 0.05) is 22.2 Å². The van der Waals surface area contributed by atoms with Gasteiger partial charge in [-0.25, -0.2) is 8.42 Å². The molecule has 7 nitrogen and oxygen atoms in total. The maximum Gasteiger partial charge on any atom is 0.264 e. The molecule has 0 atom stereocenters. The minimum Gasteiger partial charge on any atom is -0.348 e. The summed E-state index contributed by atoms with van der Waals surface area (Å²) in [7, 11) is -4.01. The van der Waals surface area contributed by atoms with Crippen LogP contribution in [0, 0.1) is 0 Å². The molecule has 4 rings (SSSR count). The van der Waals surface area contributed by atoms with Crippen molar-refractivity contribution in [2.24, 2.45) is 0 Å². The highest BCUT2D eigenvalue weighted by Gasteiger charge is 2.22. The first-order valence-corrected chi connectivity index (χ1v) is 11.9. The van der Waals surface area contributed by atoms with Crippen molar-refractivity contribution < 1.29 is 13.2 Å². The van der Waals surface area contributed by atoms with Crippen molar-refractivity contribution in [3.05, 3.63) is 81.8 Å². The highest BCUT2D eigenvalue weighted by Crippen LogP contribution is 2.26. The molecule has 0 aliphatic carbocycles. The number of amides is 1. The lowest BCUT2D eigenvalue weighted by Gasteiger charge is -2.14. The van der Waals surface area contributed by atoms with Gasteiger partial charge in [0.15, 0.2) is 0 Å². The van der Waals surface area contributed by atoms with Crippen molar-refractivity contribution in [1.82, 2.24) is 14.1 Å². The number of anilines is 1. The van der Waals surface area contributed by atoms with Gasteiger partial charge in [-0.2, -0.15) is 8.75 Å². The molecule has 0 radical (unpaired) electrons. The summed E-state index contributed by atoms with van der Waals surface area (Å²) in [6.07, 6.45) is 0. The van der Waals surface area contributed by atoms with Crippen molar-refractivity contribution >= 4 is 67.6 Å². The molecule has 1 heterocycles. The van der Waals surface area contributed by atoms with Crippen LogP contribution in [-0.4, -0.2) is 23.1 Å². The van der Waals surface area contributed by atoms with E-state index in [1.54, 1.807) is 42.5 Å². The quantitative estimate of drug-likeness (QED) is 0.405. The molecule has 0 saturated heterocycles. The lowest BCUT2D eigenvalue weighted by molar-refractivity contribution is 0.0952. The maximum atomic E-state index is 13.0. The van der Waals surface area contributed by atoms with Crippen LogP contribution in [0.2, 0.25) is 10.0 Å². The Balaban J connectivity index is 1.60. The van der Waals surface area contributed by atoms with Gasteiger partial charge in [-0.15, -0.1) is 0 Å². The Bertz CT molecular complexity index is 1370. The van der Waals surface area contributed by atoms with Gasteiger partial charge in [-0.1, -0.05) is 47.5 Å². The van der Waals surface area contributed by atoms with E-state index in [1.807, 2.05) is 0 Å². The summed E-state index contributed by atoms with van der Waals surface area (Å²) in [6, 6.07) is 16.1. The Morgan fingerprint density at radius 1 is 0.935 bits per heavy atom. The first-order chi connectivity index (χ1) is 14.9. The van der Waals surface area contributed by atoms with E-state index in [4.69, 9.17) is 23.2 Å². The second-order valence-electron chi connectivity index (χ2n) is 6.42. The number of hydrogen-bond acceptors (Lipinski definition) is 6. The molecular weight excluding hydrogens is 479 g/mol. The minimum atomic E-state index is -4.01. The third-order valence-electron chi connectivity index (χ3n) is 4.44. The van der Waals surface area contributed by atoms with Crippen LogP contribution in [0.5, 0.6) is 0 Å². The lowest BCUT2D eigenvalue weighted by Crippen LogP contribution is -2.25. The van der Waals surface area contributed by atoms with Crippen molar-refractivity contribution in [2.45, 2.75) is 11.4 Å². The smallest absolute Gasteiger partial charge is 0.264 e. The Labute approximate surface area is 192 Å². The van der Waals surface area contributed by atoms with Crippen molar-refractivity contribution in [3.8, 4) is 0 Å². The zero-order valence-corrected chi connectivity index (χ0v) is 18.8. The van der Waals surface area contributed by atoms with Crippen LogP contribution in [0.1, 0.15) is 15.9 Å². The molecule has 0 aliphatic rings. The number of nitrogens with zero attached hydrogens (tertiary/aromatic N) is 2. The number of rotatable bonds is 6. The number of para-hydroxylation sites is 1. The Morgan fingerprint density at radius 3 is 2.42 bits per heavy atom. The molecule has 4 aromatic rings. The van der Waals surface area contributed by atoms with Gasteiger partial charge in [0.05, 0.1) is 23.0 Å². The van der Waals surface area contributed by atoms with Gasteiger partial charge >= 0.3 is 0 Å². The molecule has 11 heteroatoms. The molecule has 31 heavy (non-hydrogen) atoms. The summed E-state index contributed by atoms with van der Waals surface area (Å²) in [4.78, 5) is 12.8. The van der Waals surface area contributed by atoms with Crippen LogP contribution < -0.4 is 10.0 Å². The van der Waals surface area contributed by atoms with Gasteiger partial charge < -0.3 is 5.32 Å². The number of nitrogens with one attached hydrogen (secondary N) is 2. The predicted molar refractivity (Wildman–Crippen MR) is 122 cm³/mol. The molecule has 2 N–H and O–H groups in total. The largest absolute Gasteiger partial charge is 0.348 e. The summed E-state index contributed by atoms with van der Waals surface area (Å²) in [5.74, 6) is -0.483. The highest BCUT2D eigenvalue weighted by molar-refractivity contribution is 7.93. The van der Waals surface area contributed by atoms with Crippen molar-refractivity contribution in [3.63, 3.8) is 0 Å². The molecule has 1 aromatic heterocycles. The number of halogens is 2. The highest BCUT2D eigenvalue weighted by atomic mass is 35.5. The van der Waals surface area contributed by atoms with Crippen LogP contribution in [0.4, 0.5) is 5.69 Å². The molecule has 0 spiro atoms. The third-order valence-corrected chi connectivity index (χ3v) is 7.09. The average Bonchev–Trinajstić information content (AvgIpc) is 3.22. The summed E-state index contributed by atoms with van der Waals surface area (Å²) in [5.41, 5.74) is 1.61. The molecule has 0 fully saturated rings. The standard InChI is InChI=1S/C20H14Cl2N4O3S2/c21-14-6-3-7-15(22)13(14)11-23-20(27)12-5-1-2-8-16(12)26-31(28,29)18-10-4-9-17-19(18)25-30-24-17/h1-10,26H,11H2,(H,23,27). The molecule has 0 saturated carbocycles. The average molecular weight is 493 g/mol. The van der Waals surface area contributed by atoms with Crippen LogP contribution in [0.3, 0.4) is 0 Å². The second kappa shape index (κ2) is 8.80. The maximum absolute atomic E-state index is 13.0. The van der Waals surface area contributed by atoms with Crippen LogP contribution in [0.15, 0.2) is 65.6 Å². The molecule has 0 aliphatic heterocycles. The van der Waals surface area contributed by atoms with E-state index in [9.17, 15) is 13.2 Å². The van der Waals surface area contributed by atoms with Crippen molar-refractivity contribution in [1.29, 1.82) is 0 Å². The number of carbonyl (C=O) groups excluding carboxylic acids is 1. The molecule has 158 valence electrons. The van der Waals surface area contributed by atoms with Crippen LogP contribution >= 0.6 is 34.9 Å². The normalized spacial score (nSPS) is 11.4. The summed E-state index contributed by atoms with van der Waals surface area (Å²) in [5, 5.41) is 3.57. The first-order valence-electron chi connectivity index (χ1n) is 8.91. The molecule has 3 aromatic carbocycles. The molecular formula is C20H14Cl2N4O3S2. The summed E-state index contributed by atoms with van der Waals surface area (Å²) in [6.45, 7) is 0.0855. The third kappa shape index (κ3) is 4.49. The number of sulfonamides is 1. The second-order valence-corrected chi connectivity index (χ2v) is 9.42. The molecule has 1 amide bonds. The minimum absolute atomic E-state index is 0.0168. The van der Waals surface area contributed by atoms with E-state index in [-0.39, 0.29) is 28.2 Å². The molecule has 0 unspecified atom stereocenters. The number of hydrogen-bond donors (Lipinski definition) is 2. The SMILES string of the molecule is O=C(NCc1c(Cl)cccc1Cl)c1ccccc1NS(=O)(=O)c1cccc2nsnc12. The van der Waals surface area contributed by atoms with E-state index in [0.717, 1.165) is 11.7 Å². The Hall–Kier alpha value is -2.72. The van der Waals surface area contributed by atoms with E-state index < -0.39 is 15.9 Å². The van der Waals surface area contributed by atoms with Gasteiger partial charge in [0.2, 0.25) is 0 Å². The number of aromatic nitrogens is 2. The fourth-order valence-corrected chi connectivity index (χ4v) is 5.31. The molecule has 0 bridgehead atoms. The van der Waals surface area contributed by atoms with Gasteiger partial charge in [-0.3, -0.25) is 9.52 Å². The van der Waals surface area contributed by atoms with Crippen LogP contribution in [0.25, 0.3) is 11.0 Å². The predicted octanol–water partition coefficient (Wildman–Crippen LogP) is 4.73. The van der Waals surface area contributed by atoms with E-state index in [2.05, 4.69) is 18.8 Å².